The molecule has 0 saturated heterocycles. The topological polar surface area (TPSA) is 34.6 Å². The van der Waals surface area contributed by atoms with E-state index in [-0.39, 0.29) is 0 Å². The summed E-state index contributed by atoms with van der Waals surface area (Å²) in [5.74, 6) is 1.74. The Morgan fingerprint density at radius 1 is 1.33 bits per heavy atom. The van der Waals surface area contributed by atoms with E-state index in [4.69, 9.17) is 9.47 Å². The molecule has 0 atom stereocenters. The van der Waals surface area contributed by atoms with Crippen LogP contribution in [0.15, 0.2) is 18.3 Å². The molecule has 0 aliphatic heterocycles. The summed E-state index contributed by atoms with van der Waals surface area (Å²) in [6, 6.07) is 3.86. The zero-order valence-electron chi connectivity index (χ0n) is 11.1. The number of nitrogens with zero attached hydrogens (tertiary/aromatic N) is 2. The number of alkyl halides is 1. The molecule has 18 heavy (non-hydrogen) atoms. The number of anilines is 1. The molecule has 5 heteroatoms. The molecule has 0 unspecified atom stereocenters. The van der Waals surface area contributed by atoms with E-state index in [9.17, 15) is 0 Å². The molecule has 0 spiro atoms. The van der Waals surface area contributed by atoms with Crippen molar-refractivity contribution in [2.45, 2.75) is 13.3 Å². The third-order valence-electron chi connectivity index (χ3n) is 2.43. The van der Waals surface area contributed by atoms with E-state index >= 15 is 0 Å². The molecule has 0 radical (unpaired) electrons. The maximum Gasteiger partial charge on any atom is 0.171 e. The first-order valence-electron chi connectivity index (χ1n) is 6.21. The normalized spacial score (nSPS) is 10.4. The first-order valence-corrected chi connectivity index (χ1v) is 7.33. The molecule has 4 nitrogen and oxygen atoms in total. The van der Waals surface area contributed by atoms with Crippen LogP contribution in [0.1, 0.15) is 13.3 Å². The summed E-state index contributed by atoms with van der Waals surface area (Å²) in [6.45, 7) is 5.17. The first kappa shape index (κ1) is 15.2. The predicted octanol–water partition coefficient (Wildman–Crippen LogP) is 2.72. The van der Waals surface area contributed by atoms with Gasteiger partial charge in [0.25, 0.3) is 0 Å². The molecule has 0 saturated carbocycles. The van der Waals surface area contributed by atoms with Crippen molar-refractivity contribution in [3.8, 4) is 5.75 Å². The second kappa shape index (κ2) is 9.16. The van der Waals surface area contributed by atoms with Crippen LogP contribution in [0, 0.1) is 0 Å². The Hall–Kier alpha value is -0.810. The zero-order valence-corrected chi connectivity index (χ0v) is 12.6. The fourth-order valence-electron chi connectivity index (χ4n) is 1.57. The van der Waals surface area contributed by atoms with E-state index in [0.29, 0.717) is 13.2 Å². The molecule has 0 aliphatic rings. The molecule has 1 heterocycles. The molecule has 1 rings (SSSR count). The van der Waals surface area contributed by atoms with Gasteiger partial charge < -0.3 is 14.4 Å². The van der Waals surface area contributed by atoms with Crippen molar-refractivity contribution in [2.75, 3.05) is 43.6 Å². The highest BCUT2D eigenvalue weighted by Crippen LogP contribution is 2.25. The number of pyridine rings is 1. The van der Waals surface area contributed by atoms with Gasteiger partial charge in [-0.1, -0.05) is 22.9 Å². The number of ether oxygens (including phenoxy) is 2. The van der Waals surface area contributed by atoms with E-state index in [1.807, 2.05) is 12.1 Å². The van der Waals surface area contributed by atoms with Crippen molar-refractivity contribution in [1.82, 2.24) is 4.98 Å². The lowest BCUT2D eigenvalue weighted by molar-refractivity contribution is 0.205. The molecular formula is C13H21BrN2O2. The molecule has 0 N–H and O–H groups in total. The van der Waals surface area contributed by atoms with Gasteiger partial charge in [0.1, 0.15) is 0 Å². The highest BCUT2D eigenvalue weighted by Gasteiger charge is 2.12. The van der Waals surface area contributed by atoms with Crippen molar-refractivity contribution < 1.29 is 9.47 Å². The second-order valence-corrected chi connectivity index (χ2v) is 4.64. The Kier molecular flexibility index (Phi) is 7.76. The Balaban J connectivity index is 2.80. The zero-order chi connectivity index (χ0) is 13.2. The van der Waals surface area contributed by atoms with Gasteiger partial charge in [-0.25, -0.2) is 4.98 Å². The van der Waals surface area contributed by atoms with Gasteiger partial charge in [-0.3, -0.25) is 0 Å². The maximum atomic E-state index is 5.73. The van der Waals surface area contributed by atoms with Gasteiger partial charge in [-0.05, 0) is 18.6 Å². The molecule has 1 aromatic heterocycles. The Morgan fingerprint density at radius 3 is 2.83 bits per heavy atom. The molecule has 0 aromatic carbocycles. The molecular weight excluding hydrogens is 296 g/mol. The smallest absolute Gasteiger partial charge is 0.171 e. The van der Waals surface area contributed by atoms with Crippen LogP contribution in [0.5, 0.6) is 5.75 Å². The average Bonchev–Trinajstić information content (AvgIpc) is 2.41. The first-order chi connectivity index (χ1) is 8.83. The largest absolute Gasteiger partial charge is 0.490 e. The molecule has 102 valence electrons. The minimum atomic E-state index is 0.677. The van der Waals surface area contributed by atoms with Crippen LogP contribution in [0.25, 0.3) is 0 Å². The van der Waals surface area contributed by atoms with Crippen LogP contribution in [-0.2, 0) is 4.74 Å². The van der Waals surface area contributed by atoms with Crippen molar-refractivity contribution in [3.63, 3.8) is 0 Å². The quantitative estimate of drug-likeness (QED) is 0.656. The van der Waals surface area contributed by atoms with Crippen molar-refractivity contribution >= 4 is 21.7 Å². The number of rotatable bonds is 9. The van der Waals surface area contributed by atoms with E-state index in [1.54, 1.807) is 13.3 Å². The van der Waals surface area contributed by atoms with Crippen molar-refractivity contribution in [2.24, 2.45) is 0 Å². The standard InChI is InChI=1S/C13H21BrN2O2/c1-3-10-18-12-5-4-7-15-13(12)16(8-6-14)9-11-17-2/h4-5,7H,3,6,8-11H2,1-2H3. The summed E-state index contributed by atoms with van der Waals surface area (Å²) >= 11 is 3.47. The van der Waals surface area contributed by atoms with E-state index in [0.717, 1.165) is 36.4 Å². The third kappa shape index (κ3) is 4.82. The lowest BCUT2D eigenvalue weighted by atomic mass is 10.3. The number of aromatic nitrogens is 1. The summed E-state index contributed by atoms with van der Waals surface area (Å²) in [5, 5.41) is 0.889. The Bertz CT molecular complexity index is 337. The van der Waals surface area contributed by atoms with Gasteiger partial charge >= 0.3 is 0 Å². The van der Waals surface area contributed by atoms with Gasteiger partial charge in [-0.2, -0.15) is 0 Å². The number of hydrogen-bond acceptors (Lipinski definition) is 4. The summed E-state index contributed by atoms with van der Waals surface area (Å²) in [7, 11) is 1.71. The predicted molar refractivity (Wildman–Crippen MR) is 77.9 cm³/mol. The second-order valence-electron chi connectivity index (χ2n) is 3.84. The van der Waals surface area contributed by atoms with Gasteiger partial charge in [0.15, 0.2) is 11.6 Å². The summed E-state index contributed by atoms with van der Waals surface area (Å²) in [5.41, 5.74) is 0. The Morgan fingerprint density at radius 2 is 2.17 bits per heavy atom. The molecule has 0 bridgehead atoms. The van der Waals surface area contributed by atoms with Crippen LogP contribution < -0.4 is 9.64 Å². The fourth-order valence-corrected chi connectivity index (χ4v) is 2.00. The van der Waals surface area contributed by atoms with Gasteiger partial charge in [0.05, 0.1) is 13.2 Å². The highest BCUT2D eigenvalue weighted by molar-refractivity contribution is 9.09. The maximum absolute atomic E-state index is 5.73. The SMILES string of the molecule is CCCOc1cccnc1N(CCBr)CCOC. The number of methoxy groups -OCH3 is 1. The summed E-state index contributed by atoms with van der Waals surface area (Å²) in [6.07, 6.45) is 2.78. The number of halogens is 1. The minimum absolute atomic E-state index is 0.677. The van der Waals surface area contributed by atoms with Crippen molar-refractivity contribution in [1.29, 1.82) is 0 Å². The average molecular weight is 317 g/mol. The van der Waals surface area contributed by atoms with Gasteiger partial charge in [0.2, 0.25) is 0 Å². The van der Waals surface area contributed by atoms with Crippen LogP contribution >= 0.6 is 15.9 Å². The van der Waals surface area contributed by atoms with Gasteiger partial charge in [-0.15, -0.1) is 0 Å². The van der Waals surface area contributed by atoms with Crippen LogP contribution in [0.2, 0.25) is 0 Å². The van der Waals surface area contributed by atoms with E-state index in [1.165, 1.54) is 0 Å². The monoisotopic (exact) mass is 316 g/mol. The van der Waals surface area contributed by atoms with Crippen LogP contribution in [-0.4, -0.2) is 43.7 Å². The molecule has 0 aliphatic carbocycles. The van der Waals surface area contributed by atoms with E-state index < -0.39 is 0 Å². The lowest BCUT2D eigenvalue weighted by Gasteiger charge is -2.24. The van der Waals surface area contributed by atoms with Gasteiger partial charge in [0, 0.05) is 31.7 Å². The lowest BCUT2D eigenvalue weighted by Crippen LogP contribution is -2.30. The van der Waals surface area contributed by atoms with Crippen LogP contribution in [0.4, 0.5) is 5.82 Å². The molecule has 1 aromatic rings. The van der Waals surface area contributed by atoms with Crippen LogP contribution in [0.3, 0.4) is 0 Å². The highest BCUT2D eigenvalue weighted by atomic mass is 79.9. The minimum Gasteiger partial charge on any atom is -0.490 e. The van der Waals surface area contributed by atoms with E-state index in [2.05, 4.69) is 32.7 Å². The van der Waals surface area contributed by atoms with Crippen molar-refractivity contribution in [3.05, 3.63) is 18.3 Å². The Labute approximate surface area is 117 Å². The molecule has 0 fully saturated rings. The fraction of sp³-hybridized carbons (Fsp3) is 0.615. The molecule has 0 amide bonds. The number of hydrogen-bond donors (Lipinski definition) is 0. The summed E-state index contributed by atoms with van der Waals surface area (Å²) < 4.78 is 10.9. The third-order valence-corrected chi connectivity index (χ3v) is 2.79. The summed E-state index contributed by atoms with van der Waals surface area (Å²) in [4.78, 5) is 6.60.